The van der Waals surface area contributed by atoms with Crippen molar-refractivity contribution in [1.82, 2.24) is 29.9 Å². The minimum Gasteiger partial charge on any atom is -0.415 e. The summed E-state index contributed by atoms with van der Waals surface area (Å²) in [5.74, 6) is 0.499. The van der Waals surface area contributed by atoms with Crippen molar-refractivity contribution in [2.75, 3.05) is 11.9 Å². The van der Waals surface area contributed by atoms with Crippen molar-refractivity contribution >= 4 is 22.8 Å². The normalized spacial score (nSPS) is 12.7. The second-order valence-electron chi connectivity index (χ2n) is 5.20. The number of rotatable bonds is 7. The molecular weight excluding hydrogens is 324 g/mol. The van der Waals surface area contributed by atoms with Gasteiger partial charge in [0.05, 0.1) is 12.4 Å². The topological polar surface area (TPSA) is 114 Å². The maximum Gasteiger partial charge on any atom is 0.388 e. The molecule has 3 rings (SSSR count). The molecule has 11 heteroatoms. The molecule has 0 aliphatic heterocycles. The van der Waals surface area contributed by atoms with Crippen molar-refractivity contribution in [2.45, 2.75) is 20.1 Å². The summed E-state index contributed by atoms with van der Waals surface area (Å²) in [4.78, 5) is 8.63. The first kappa shape index (κ1) is 16.1. The predicted molar refractivity (Wildman–Crippen MR) is 80.1 cm³/mol. The van der Waals surface area contributed by atoms with E-state index in [2.05, 4.69) is 35.3 Å². The van der Waals surface area contributed by atoms with E-state index in [1.807, 2.05) is 6.92 Å². The highest BCUT2D eigenvalue weighted by Gasteiger charge is 2.12. The molecule has 0 aliphatic rings. The zero-order chi connectivity index (χ0) is 17.1. The molecule has 3 N–H and O–H groups in total. The number of H-pyrrole nitrogens is 1. The van der Waals surface area contributed by atoms with Crippen LogP contribution in [0, 0.1) is 5.92 Å². The number of alkyl halides is 2. The number of aromatic amines is 1. The van der Waals surface area contributed by atoms with Crippen LogP contribution in [0.25, 0.3) is 11.2 Å². The molecular formula is C13H15F2N7O2. The summed E-state index contributed by atoms with van der Waals surface area (Å²) in [5, 5.41) is 22.3. The van der Waals surface area contributed by atoms with Gasteiger partial charge in [0.1, 0.15) is 11.3 Å². The third-order valence-electron chi connectivity index (χ3n) is 3.17. The van der Waals surface area contributed by atoms with Crippen LogP contribution >= 0.6 is 0 Å². The number of halogens is 2. The minimum atomic E-state index is -2.94. The standard InChI is InChI=1S/C13H15F2N7O2/c1-7(6-23)5-22-12-8(3-17-22)16-4-10(19-12)18-9-2-11(21-20-9)24-13(14)15/h2-4,7,13,23H,5-6H2,1H3,(H2,18,19,20,21). The van der Waals surface area contributed by atoms with E-state index in [-0.39, 0.29) is 18.4 Å². The van der Waals surface area contributed by atoms with Gasteiger partial charge >= 0.3 is 6.61 Å². The van der Waals surface area contributed by atoms with Crippen molar-refractivity contribution in [3.05, 3.63) is 18.5 Å². The predicted octanol–water partition coefficient (Wildman–Crippen LogP) is 1.52. The van der Waals surface area contributed by atoms with Crippen LogP contribution in [0.5, 0.6) is 5.88 Å². The van der Waals surface area contributed by atoms with Crippen molar-refractivity contribution in [1.29, 1.82) is 0 Å². The van der Waals surface area contributed by atoms with Gasteiger partial charge < -0.3 is 15.2 Å². The molecule has 0 bridgehead atoms. The van der Waals surface area contributed by atoms with E-state index in [4.69, 9.17) is 5.11 Å². The molecule has 0 aromatic carbocycles. The summed E-state index contributed by atoms with van der Waals surface area (Å²) in [5.41, 5.74) is 1.15. The Balaban J connectivity index is 1.79. The van der Waals surface area contributed by atoms with Crippen LogP contribution in [0.2, 0.25) is 0 Å². The first-order chi connectivity index (χ1) is 11.5. The molecule has 0 fully saturated rings. The van der Waals surface area contributed by atoms with E-state index >= 15 is 0 Å². The molecule has 0 radical (unpaired) electrons. The third kappa shape index (κ3) is 3.56. The Morgan fingerprint density at radius 3 is 3.00 bits per heavy atom. The fraction of sp³-hybridized carbons (Fsp3) is 0.385. The molecule has 3 heterocycles. The molecule has 3 aromatic heterocycles. The highest BCUT2D eigenvalue weighted by atomic mass is 19.3. The van der Waals surface area contributed by atoms with Gasteiger partial charge in [-0.2, -0.15) is 13.9 Å². The first-order valence-electron chi connectivity index (χ1n) is 7.12. The third-order valence-corrected chi connectivity index (χ3v) is 3.17. The minimum absolute atomic E-state index is 0.0215. The number of nitrogens with one attached hydrogen (secondary N) is 2. The number of aliphatic hydroxyl groups is 1. The van der Waals surface area contributed by atoms with Crippen LogP contribution in [0.15, 0.2) is 18.5 Å². The molecule has 1 unspecified atom stereocenters. The van der Waals surface area contributed by atoms with E-state index in [1.165, 1.54) is 12.3 Å². The van der Waals surface area contributed by atoms with Crippen LogP contribution in [0.3, 0.4) is 0 Å². The highest BCUT2D eigenvalue weighted by Crippen LogP contribution is 2.19. The van der Waals surface area contributed by atoms with Gasteiger partial charge in [-0.3, -0.25) is 5.10 Å². The monoisotopic (exact) mass is 339 g/mol. The van der Waals surface area contributed by atoms with Gasteiger partial charge in [0.2, 0.25) is 5.88 Å². The number of ether oxygens (including phenoxy) is 1. The fourth-order valence-electron chi connectivity index (χ4n) is 2.05. The summed E-state index contributed by atoms with van der Waals surface area (Å²) in [6.07, 6.45) is 3.07. The van der Waals surface area contributed by atoms with Crippen molar-refractivity contribution in [3.8, 4) is 5.88 Å². The van der Waals surface area contributed by atoms with Crippen molar-refractivity contribution in [3.63, 3.8) is 0 Å². The van der Waals surface area contributed by atoms with Gasteiger partial charge in [-0.1, -0.05) is 6.92 Å². The summed E-state index contributed by atoms with van der Waals surface area (Å²) in [6.45, 7) is -0.527. The molecule has 128 valence electrons. The summed E-state index contributed by atoms with van der Waals surface area (Å²) >= 11 is 0. The Morgan fingerprint density at radius 2 is 2.25 bits per heavy atom. The highest BCUT2D eigenvalue weighted by molar-refractivity contribution is 5.71. The Hall–Kier alpha value is -2.82. The number of anilines is 2. The Labute approximate surface area is 134 Å². The molecule has 0 amide bonds. The number of hydrogen-bond acceptors (Lipinski definition) is 7. The fourth-order valence-corrected chi connectivity index (χ4v) is 2.05. The van der Waals surface area contributed by atoms with Crippen LogP contribution in [-0.4, -0.2) is 48.3 Å². The van der Waals surface area contributed by atoms with E-state index in [9.17, 15) is 8.78 Å². The largest absolute Gasteiger partial charge is 0.415 e. The van der Waals surface area contributed by atoms with E-state index in [0.29, 0.717) is 29.3 Å². The summed E-state index contributed by atoms with van der Waals surface area (Å²) < 4.78 is 30.1. The summed E-state index contributed by atoms with van der Waals surface area (Å²) in [7, 11) is 0. The SMILES string of the molecule is CC(CO)Cn1ncc2ncc(Nc3cc(OC(F)F)n[nH]3)nc21. The van der Waals surface area contributed by atoms with E-state index < -0.39 is 6.61 Å². The second-order valence-corrected chi connectivity index (χ2v) is 5.20. The molecule has 24 heavy (non-hydrogen) atoms. The van der Waals surface area contributed by atoms with Crippen LogP contribution < -0.4 is 10.1 Å². The molecule has 1 atom stereocenters. The average molecular weight is 339 g/mol. The Bertz CT molecular complexity index is 820. The second kappa shape index (κ2) is 6.74. The lowest BCUT2D eigenvalue weighted by molar-refractivity contribution is -0.0528. The quantitative estimate of drug-likeness (QED) is 0.598. The molecule has 0 spiro atoms. The zero-order valence-electron chi connectivity index (χ0n) is 12.6. The molecule has 9 nitrogen and oxygen atoms in total. The molecule has 0 saturated carbocycles. The lowest BCUT2D eigenvalue weighted by Crippen LogP contribution is -2.12. The number of aliphatic hydroxyl groups excluding tert-OH is 1. The van der Waals surface area contributed by atoms with Gasteiger partial charge in [-0.25, -0.2) is 14.6 Å². The number of aromatic nitrogens is 6. The van der Waals surface area contributed by atoms with Gasteiger partial charge in [0.25, 0.3) is 0 Å². The first-order valence-corrected chi connectivity index (χ1v) is 7.12. The molecule has 0 saturated heterocycles. The smallest absolute Gasteiger partial charge is 0.388 e. The van der Waals surface area contributed by atoms with Gasteiger partial charge in [-0.15, -0.1) is 5.10 Å². The van der Waals surface area contributed by atoms with Crippen molar-refractivity contribution < 1.29 is 18.6 Å². The van der Waals surface area contributed by atoms with Gasteiger partial charge in [0, 0.05) is 19.2 Å². The van der Waals surface area contributed by atoms with Gasteiger partial charge in [-0.05, 0) is 5.92 Å². The number of fused-ring (bicyclic) bond motifs is 1. The maximum absolute atomic E-state index is 12.1. The Kier molecular flexibility index (Phi) is 4.51. The lowest BCUT2D eigenvalue weighted by atomic mass is 10.2. The Morgan fingerprint density at radius 1 is 1.42 bits per heavy atom. The van der Waals surface area contributed by atoms with Crippen molar-refractivity contribution in [2.24, 2.45) is 5.92 Å². The molecule has 0 aliphatic carbocycles. The molecule has 3 aromatic rings. The van der Waals surface area contributed by atoms with Crippen LogP contribution in [0.4, 0.5) is 20.4 Å². The summed E-state index contributed by atoms with van der Waals surface area (Å²) in [6, 6.07) is 1.28. The van der Waals surface area contributed by atoms with E-state index in [0.717, 1.165) is 0 Å². The van der Waals surface area contributed by atoms with Crippen LogP contribution in [0.1, 0.15) is 6.92 Å². The number of nitrogens with zero attached hydrogens (tertiary/aromatic N) is 5. The zero-order valence-corrected chi connectivity index (χ0v) is 12.6. The van der Waals surface area contributed by atoms with Crippen LogP contribution in [-0.2, 0) is 6.54 Å². The lowest BCUT2D eigenvalue weighted by Gasteiger charge is -2.08. The van der Waals surface area contributed by atoms with Gasteiger partial charge in [0.15, 0.2) is 11.5 Å². The maximum atomic E-state index is 12.1. The number of hydrogen-bond donors (Lipinski definition) is 3. The average Bonchev–Trinajstić information content (AvgIpc) is 3.14. The van der Waals surface area contributed by atoms with E-state index in [1.54, 1.807) is 10.9 Å².